The maximum Gasteiger partial charge on any atom is 0.246 e. The average molecular weight is 329 g/mol. The Labute approximate surface area is 142 Å². The van der Waals surface area contributed by atoms with Crippen LogP contribution in [0.5, 0.6) is 0 Å². The lowest BCUT2D eigenvalue weighted by Gasteiger charge is -2.31. The number of benzene rings is 1. The first-order valence-corrected chi connectivity index (χ1v) is 8.57. The molecule has 2 aromatic rings. The second-order valence-electron chi connectivity index (χ2n) is 6.11. The molecule has 0 spiro atoms. The lowest BCUT2D eigenvalue weighted by molar-refractivity contribution is -0.946. The van der Waals surface area contributed by atoms with E-state index < -0.39 is 0 Å². The van der Waals surface area contributed by atoms with Crippen molar-refractivity contribution in [3.63, 3.8) is 0 Å². The largest absolute Gasteiger partial charge is 0.463 e. The van der Waals surface area contributed by atoms with Crippen molar-refractivity contribution in [2.45, 2.75) is 25.9 Å². The minimum Gasteiger partial charge on any atom is -0.463 e. The van der Waals surface area contributed by atoms with Crippen LogP contribution in [-0.2, 0) is 22.5 Å². The molecule has 1 amide bonds. The quantitative estimate of drug-likeness (QED) is 0.800. The van der Waals surface area contributed by atoms with Crippen molar-refractivity contribution in [2.24, 2.45) is 0 Å². The van der Waals surface area contributed by atoms with Gasteiger partial charge in [-0.1, -0.05) is 24.3 Å². The van der Waals surface area contributed by atoms with E-state index in [9.17, 15) is 4.79 Å². The Bertz CT molecular complexity index is 654. The van der Waals surface area contributed by atoms with Crippen LogP contribution in [0.4, 0.5) is 0 Å². The van der Waals surface area contributed by atoms with Gasteiger partial charge in [0.1, 0.15) is 13.2 Å². The average Bonchev–Trinajstić information content (AvgIpc) is 3.14. The van der Waals surface area contributed by atoms with Gasteiger partial charge in [-0.2, -0.15) is 0 Å². The Hall–Kier alpha value is -2.11. The molecular formula is C19H25N2O3+. The number of carbonyl (C=O) groups excluding carboxylic acids is 1. The maximum absolute atomic E-state index is 11.9. The van der Waals surface area contributed by atoms with Gasteiger partial charge in [-0.05, 0) is 24.6 Å². The number of hydrogen-bond donors (Lipinski definition) is 2. The summed E-state index contributed by atoms with van der Waals surface area (Å²) in [5, 5.41) is 2.98. The highest BCUT2D eigenvalue weighted by Crippen LogP contribution is 2.15. The first-order chi connectivity index (χ1) is 11.8. The number of amides is 1. The second kappa shape index (κ2) is 8.13. The Morgan fingerprint density at radius 1 is 1.29 bits per heavy atom. The molecule has 2 N–H and O–H groups in total. The fraction of sp³-hybridized carbons (Fsp3) is 0.421. The van der Waals surface area contributed by atoms with Gasteiger partial charge in [0.25, 0.3) is 0 Å². The van der Waals surface area contributed by atoms with E-state index in [-0.39, 0.29) is 18.6 Å². The smallest absolute Gasteiger partial charge is 0.246 e. The van der Waals surface area contributed by atoms with E-state index in [1.54, 1.807) is 6.26 Å². The highest BCUT2D eigenvalue weighted by Gasteiger charge is 2.30. The molecule has 1 unspecified atom stereocenters. The van der Waals surface area contributed by atoms with Crippen molar-refractivity contribution in [3.05, 3.63) is 59.5 Å². The lowest BCUT2D eigenvalue weighted by Crippen LogP contribution is -3.12. The zero-order valence-corrected chi connectivity index (χ0v) is 14.1. The molecule has 0 saturated heterocycles. The molecule has 128 valence electrons. The predicted molar refractivity (Wildman–Crippen MR) is 90.6 cm³/mol. The van der Waals surface area contributed by atoms with Gasteiger partial charge in [0.2, 0.25) is 5.91 Å². The van der Waals surface area contributed by atoms with Gasteiger partial charge in [-0.25, -0.2) is 0 Å². The summed E-state index contributed by atoms with van der Waals surface area (Å²) in [6.07, 6.45) is 2.75. The molecule has 24 heavy (non-hydrogen) atoms. The van der Waals surface area contributed by atoms with Crippen LogP contribution in [0.1, 0.15) is 29.9 Å². The summed E-state index contributed by atoms with van der Waals surface area (Å²) in [6.45, 7) is 5.07. The fourth-order valence-electron chi connectivity index (χ4n) is 3.30. The lowest BCUT2D eigenvalue weighted by atomic mass is 9.98. The SMILES string of the molecule is CCOCC(=O)NC[C@@H](c1ccco1)[NH+]1CCc2ccccc2C1. The van der Waals surface area contributed by atoms with Crippen LogP contribution in [0.3, 0.4) is 0 Å². The van der Waals surface area contributed by atoms with Gasteiger partial charge in [-0.3, -0.25) is 4.79 Å². The van der Waals surface area contributed by atoms with Crippen molar-refractivity contribution < 1.29 is 18.8 Å². The monoisotopic (exact) mass is 329 g/mol. The minimum absolute atomic E-state index is 0.0785. The highest BCUT2D eigenvalue weighted by atomic mass is 16.5. The van der Waals surface area contributed by atoms with E-state index in [1.807, 2.05) is 19.1 Å². The topological polar surface area (TPSA) is 55.9 Å². The first kappa shape index (κ1) is 16.7. The number of nitrogens with one attached hydrogen (secondary N) is 2. The van der Waals surface area contributed by atoms with Crippen LogP contribution in [0, 0.1) is 0 Å². The number of carbonyl (C=O) groups is 1. The number of quaternary nitrogens is 1. The molecule has 0 radical (unpaired) electrons. The molecule has 0 bridgehead atoms. The van der Waals surface area contributed by atoms with Crippen molar-refractivity contribution in [1.29, 1.82) is 0 Å². The Morgan fingerprint density at radius 3 is 2.88 bits per heavy atom. The van der Waals surface area contributed by atoms with Crippen LogP contribution in [0.25, 0.3) is 0 Å². The molecule has 0 saturated carbocycles. The third kappa shape index (κ3) is 4.04. The molecule has 1 aliphatic rings. The molecule has 2 atom stereocenters. The van der Waals surface area contributed by atoms with Crippen molar-refractivity contribution in [1.82, 2.24) is 5.32 Å². The van der Waals surface area contributed by atoms with Crippen molar-refractivity contribution in [3.8, 4) is 0 Å². The first-order valence-electron chi connectivity index (χ1n) is 8.57. The molecular weight excluding hydrogens is 304 g/mol. The molecule has 1 aromatic heterocycles. The van der Waals surface area contributed by atoms with Gasteiger partial charge in [0.05, 0.1) is 19.4 Å². The van der Waals surface area contributed by atoms with E-state index in [4.69, 9.17) is 9.15 Å². The Kier molecular flexibility index (Phi) is 5.67. The van der Waals surface area contributed by atoms with E-state index >= 15 is 0 Å². The van der Waals surface area contributed by atoms with Crippen molar-refractivity contribution >= 4 is 5.91 Å². The van der Waals surface area contributed by atoms with Crippen LogP contribution in [-0.4, -0.2) is 32.2 Å². The summed E-state index contributed by atoms with van der Waals surface area (Å²) in [7, 11) is 0. The molecule has 5 heteroatoms. The van der Waals surface area contributed by atoms with E-state index in [0.29, 0.717) is 13.2 Å². The Morgan fingerprint density at radius 2 is 2.12 bits per heavy atom. The molecule has 1 aromatic carbocycles. The molecule has 5 nitrogen and oxygen atoms in total. The predicted octanol–water partition coefficient (Wildman–Crippen LogP) is 1.11. The Balaban J connectivity index is 1.68. The summed E-state index contributed by atoms with van der Waals surface area (Å²) in [6, 6.07) is 12.6. The summed E-state index contributed by atoms with van der Waals surface area (Å²) >= 11 is 0. The number of ether oxygens (including phenoxy) is 1. The van der Waals surface area contributed by atoms with Gasteiger partial charge < -0.3 is 19.4 Å². The fourth-order valence-corrected chi connectivity index (χ4v) is 3.30. The number of rotatable bonds is 7. The van der Waals surface area contributed by atoms with Gasteiger partial charge in [0.15, 0.2) is 11.8 Å². The number of fused-ring (bicyclic) bond motifs is 1. The number of hydrogen-bond acceptors (Lipinski definition) is 3. The van der Waals surface area contributed by atoms with Gasteiger partial charge in [-0.15, -0.1) is 0 Å². The van der Waals surface area contributed by atoms with Crippen LogP contribution < -0.4 is 10.2 Å². The van der Waals surface area contributed by atoms with Crippen molar-refractivity contribution in [2.75, 3.05) is 26.3 Å². The zero-order chi connectivity index (χ0) is 16.8. The summed E-state index contributed by atoms with van der Waals surface area (Å²) in [5.74, 6) is 0.839. The third-order valence-corrected chi connectivity index (χ3v) is 4.57. The summed E-state index contributed by atoms with van der Waals surface area (Å²) in [5.41, 5.74) is 2.82. The molecule has 3 rings (SSSR count). The van der Waals surface area contributed by atoms with Crippen LogP contribution in [0.15, 0.2) is 47.1 Å². The van der Waals surface area contributed by atoms with E-state index in [0.717, 1.165) is 25.3 Å². The zero-order valence-electron chi connectivity index (χ0n) is 14.1. The number of furan rings is 1. The maximum atomic E-state index is 11.9. The molecule has 0 fully saturated rings. The van der Waals surface area contributed by atoms with Gasteiger partial charge in [0, 0.05) is 18.6 Å². The third-order valence-electron chi connectivity index (χ3n) is 4.57. The highest BCUT2D eigenvalue weighted by molar-refractivity contribution is 5.77. The normalized spacial score (nSPS) is 18.0. The minimum atomic E-state index is -0.0785. The second-order valence-corrected chi connectivity index (χ2v) is 6.11. The molecule has 2 heterocycles. The molecule has 0 aliphatic carbocycles. The molecule has 1 aliphatic heterocycles. The van der Waals surface area contributed by atoms with Crippen LogP contribution in [0.2, 0.25) is 0 Å². The standard InChI is InChI=1S/C19H24N2O3/c1-2-23-14-19(22)20-12-17(18-8-5-11-24-18)21-10-9-15-6-3-4-7-16(15)13-21/h3-8,11,17H,2,9-10,12-14H2,1H3,(H,20,22)/p+1/t17-/m0/s1. The van der Waals surface area contributed by atoms with E-state index in [2.05, 4.69) is 29.6 Å². The summed E-state index contributed by atoms with van der Waals surface area (Å²) in [4.78, 5) is 13.3. The van der Waals surface area contributed by atoms with Crippen LogP contribution >= 0.6 is 0 Å². The van der Waals surface area contributed by atoms with Gasteiger partial charge >= 0.3 is 0 Å². The summed E-state index contributed by atoms with van der Waals surface area (Å²) < 4.78 is 10.8. The van der Waals surface area contributed by atoms with E-state index in [1.165, 1.54) is 16.0 Å².